The molecule has 0 saturated carbocycles. The Morgan fingerprint density at radius 1 is 0.419 bits per heavy atom. The van der Waals surface area contributed by atoms with Gasteiger partial charge in [-0.05, 0) is 57.8 Å². The van der Waals surface area contributed by atoms with Gasteiger partial charge in [0.25, 0.3) is 0 Å². The summed E-state index contributed by atoms with van der Waals surface area (Å²) >= 11 is 0. The predicted octanol–water partition coefficient (Wildman–Crippen LogP) is 19.9. The minimum absolute atomic E-state index is 0.0504. The zero-order valence-electron chi connectivity index (χ0n) is 48.3. The van der Waals surface area contributed by atoms with Crippen molar-refractivity contribution in [3.63, 3.8) is 0 Å². The van der Waals surface area contributed by atoms with Crippen molar-refractivity contribution < 1.29 is 37.6 Å². The molecule has 0 aromatic carbocycles. The summed E-state index contributed by atoms with van der Waals surface area (Å²) in [5.41, 5.74) is 5.39. The van der Waals surface area contributed by atoms with Crippen molar-refractivity contribution in [1.29, 1.82) is 0 Å². The molecule has 0 aromatic heterocycles. The molecule has 0 aliphatic rings. The van der Waals surface area contributed by atoms with Gasteiger partial charge < -0.3 is 20.1 Å². The van der Waals surface area contributed by atoms with Crippen LogP contribution in [0.1, 0.15) is 303 Å². The molecule has 2 unspecified atom stereocenters. The van der Waals surface area contributed by atoms with Crippen LogP contribution in [0.4, 0.5) is 0 Å². The van der Waals surface area contributed by atoms with Crippen LogP contribution in [0.25, 0.3) is 0 Å². The molecule has 10 heteroatoms. The summed E-state index contributed by atoms with van der Waals surface area (Å²) in [4.78, 5) is 35.2. The molecule has 0 fully saturated rings. The summed E-state index contributed by atoms with van der Waals surface area (Å²) in [5, 5.41) is 0. The van der Waals surface area contributed by atoms with Crippen molar-refractivity contribution in [2.75, 3.05) is 26.4 Å². The normalized spacial score (nSPS) is 13.4. The van der Waals surface area contributed by atoms with Gasteiger partial charge in [-0.25, -0.2) is 4.57 Å². The quantitative estimate of drug-likeness (QED) is 0.0264. The molecule has 432 valence electrons. The average Bonchev–Trinajstić information content (AvgIpc) is 3.39. The molecule has 0 spiro atoms. The Hall–Kier alpha value is -2.29. The van der Waals surface area contributed by atoms with Gasteiger partial charge in [-0.15, -0.1) is 0 Å². The van der Waals surface area contributed by atoms with E-state index >= 15 is 0 Å². The van der Waals surface area contributed by atoms with Gasteiger partial charge in [-0.1, -0.05) is 293 Å². The van der Waals surface area contributed by atoms with Gasteiger partial charge in [0.2, 0.25) is 0 Å². The zero-order chi connectivity index (χ0) is 53.8. The van der Waals surface area contributed by atoms with Crippen LogP contribution in [0, 0.1) is 0 Å². The number of carbonyl (C=O) groups excluding carboxylic acids is 2. The van der Waals surface area contributed by atoms with Gasteiger partial charge in [0.15, 0.2) is 6.10 Å². The fourth-order valence-electron chi connectivity index (χ4n) is 9.08. The number of rotatable bonds is 59. The van der Waals surface area contributed by atoms with E-state index in [2.05, 4.69) is 74.6 Å². The third kappa shape index (κ3) is 59.0. The average molecular weight is 1060 g/mol. The second kappa shape index (κ2) is 59.9. The molecule has 0 bridgehead atoms. The number of allylic oxidation sites excluding steroid dienone is 10. The van der Waals surface area contributed by atoms with Crippen LogP contribution in [-0.2, 0) is 32.7 Å². The molecule has 3 N–H and O–H groups in total. The maximum absolute atomic E-state index is 12.7. The number of hydrogen-bond donors (Lipinski definition) is 2. The third-order valence-corrected chi connectivity index (χ3v) is 14.7. The van der Waals surface area contributed by atoms with Crippen molar-refractivity contribution in [1.82, 2.24) is 0 Å². The highest BCUT2D eigenvalue weighted by Crippen LogP contribution is 2.43. The third-order valence-electron chi connectivity index (χ3n) is 13.7. The highest BCUT2D eigenvalue weighted by molar-refractivity contribution is 7.47. The summed E-state index contributed by atoms with van der Waals surface area (Å²) in [6.07, 6.45) is 75.8. The number of phosphoric acid groups is 1. The highest BCUT2D eigenvalue weighted by atomic mass is 31.2. The van der Waals surface area contributed by atoms with E-state index in [1.165, 1.54) is 193 Å². The standard InChI is InChI=1S/C64H118NO8P/c1-3-5-7-9-11-13-15-17-19-21-23-25-27-28-29-30-31-32-33-35-36-38-40-42-44-46-48-50-52-54-56-63(66)70-60-62(61-72-74(68,69)71-59-58-65)73-64(67)57-55-53-51-49-47-45-43-41-39-37-34-26-24-22-20-18-16-14-12-10-8-6-4-2/h6,8,12,14,18,20,24,26,37,39,62H,3-5,7,9-11,13,15-17,19,21-23,25,27-36,38,40-61,65H2,1-2H3,(H,68,69)/b8-6-,14-12-,20-18-,26-24-,39-37-. The van der Waals surface area contributed by atoms with Gasteiger partial charge in [-0.2, -0.15) is 0 Å². The van der Waals surface area contributed by atoms with Crippen molar-refractivity contribution in [2.45, 2.75) is 309 Å². The van der Waals surface area contributed by atoms with Crippen LogP contribution in [0.5, 0.6) is 0 Å². The second-order valence-electron chi connectivity index (χ2n) is 20.9. The lowest BCUT2D eigenvalue weighted by Gasteiger charge is -2.19. The van der Waals surface area contributed by atoms with Crippen LogP contribution in [0.15, 0.2) is 60.8 Å². The van der Waals surface area contributed by atoms with Crippen LogP contribution >= 0.6 is 7.82 Å². The molecule has 0 amide bonds. The van der Waals surface area contributed by atoms with Gasteiger partial charge >= 0.3 is 19.8 Å². The van der Waals surface area contributed by atoms with Crippen LogP contribution in [0.3, 0.4) is 0 Å². The van der Waals surface area contributed by atoms with E-state index in [0.29, 0.717) is 6.42 Å². The zero-order valence-corrected chi connectivity index (χ0v) is 49.2. The van der Waals surface area contributed by atoms with Crippen molar-refractivity contribution >= 4 is 19.8 Å². The Bertz CT molecular complexity index is 1390. The number of carbonyl (C=O) groups is 2. The van der Waals surface area contributed by atoms with Gasteiger partial charge in [-0.3, -0.25) is 18.6 Å². The number of nitrogens with two attached hydrogens (primary N) is 1. The van der Waals surface area contributed by atoms with E-state index in [4.69, 9.17) is 24.3 Å². The lowest BCUT2D eigenvalue weighted by atomic mass is 10.0. The molecule has 0 heterocycles. The number of phosphoric ester groups is 1. The van der Waals surface area contributed by atoms with Crippen molar-refractivity contribution in [3.05, 3.63) is 60.8 Å². The summed E-state index contributed by atoms with van der Waals surface area (Å²) < 4.78 is 33.1. The maximum atomic E-state index is 12.7. The molecular formula is C64H118NO8P. The van der Waals surface area contributed by atoms with E-state index in [0.717, 1.165) is 77.0 Å². The van der Waals surface area contributed by atoms with E-state index < -0.39 is 26.5 Å². The van der Waals surface area contributed by atoms with Gasteiger partial charge in [0.1, 0.15) is 6.61 Å². The molecular weight excluding hydrogens is 942 g/mol. The van der Waals surface area contributed by atoms with Crippen LogP contribution in [-0.4, -0.2) is 49.3 Å². The Labute approximate surface area is 457 Å². The Morgan fingerprint density at radius 3 is 1.11 bits per heavy atom. The fraction of sp³-hybridized carbons (Fsp3) is 0.812. The lowest BCUT2D eigenvalue weighted by molar-refractivity contribution is -0.161. The summed E-state index contributed by atoms with van der Waals surface area (Å²) in [5.74, 6) is -0.830. The number of ether oxygens (including phenoxy) is 2. The topological polar surface area (TPSA) is 134 Å². The van der Waals surface area contributed by atoms with E-state index in [1.807, 2.05) is 0 Å². The monoisotopic (exact) mass is 1060 g/mol. The Kier molecular flexibility index (Phi) is 58.1. The molecule has 0 rings (SSSR count). The van der Waals surface area contributed by atoms with E-state index in [1.54, 1.807) is 0 Å². The first kappa shape index (κ1) is 71.7. The first-order valence-corrected chi connectivity index (χ1v) is 32.8. The minimum Gasteiger partial charge on any atom is -0.462 e. The first-order chi connectivity index (χ1) is 36.3. The summed E-state index contributed by atoms with van der Waals surface area (Å²) in [7, 11) is -4.39. The maximum Gasteiger partial charge on any atom is 0.472 e. The van der Waals surface area contributed by atoms with Crippen LogP contribution < -0.4 is 5.73 Å². The minimum atomic E-state index is -4.39. The Morgan fingerprint density at radius 2 is 0.743 bits per heavy atom. The summed E-state index contributed by atoms with van der Waals surface area (Å²) in [6, 6.07) is 0. The molecule has 9 nitrogen and oxygen atoms in total. The Balaban J connectivity index is 3.90. The second-order valence-corrected chi connectivity index (χ2v) is 22.4. The molecule has 0 aromatic rings. The van der Waals surface area contributed by atoms with Gasteiger partial charge in [0.05, 0.1) is 13.2 Å². The molecule has 0 aliphatic heterocycles. The lowest BCUT2D eigenvalue weighted by Crippen LogP contribution is -2.29. The molecule has 0 aliphatic carbocycles. The number of esters is 2. The molecule has 74 heavy (non-hydrogen) atoms. The molecule has 0 saturated heterocycles. The largest absolute Gasteiger partial charge is 0.472 e. The number of hydrogen-bond acceptors (Lipinski definition) is 8. The highest BCUT2D eigenvalue weighted by Gasteiger charge is 2.26. The summed E-state index contributed by atoms with van der Waals surface area (Å²) in [6.45, 7) is 3.66. The molecule has 0 radical (unpaired) electrons. The van der Waals surface area contributed by atoms with E-state index in [9.17, 15) is 19.0 Å². The van der Waals surface area contributed by atoms with E-state index in [-0.39, 0.29) is 38.6 Å². The fourth-order valence-corrected chi connectivity index (χ4v) is 9.84. The SMILES string of the molecule is CC/C=C\C/C=C\C/C=C\C/C=C\C/C=C\CCCCCCCCCC(=O)OC(COC(=O)CCCCCCCCCCCCCCCCCCCCCCCCCCCCCCCC)COP(=O)(O)OCCN. The molecule has 2 atom stereocenters. The smallest absolute Gasteiger partial charge is 0.462 e. The van der Waals surface area contributed by atoms with Gasteiger partial charge in [0, 0.05) is 19.4 Å². The van der Waals surface area contributed by atoms with Crippen molar-refractivity contribution in [3.8, 4) is 0 Å². The first-order valence-electron chi connectivity index (χ1n) is 31.3. The van der Waals surface area contributed by atoms with Crippen LogP contribution in [0.2, 0.25) is 0 Å². The number of unbranched alkanes of at least 4 members (excludes halogenated alkanes) is 36. The predicted molar refractivity (Wildman–Crippen MR) is 316 cm³/mol. The van der Waals surface area contributed by atoms with Crippen molar-refractivity contribution in [2.24, 2.45) is 5.73 Å².